The lowest BCUT2D eigenvalue weighted by Gasteiger charge is -2.42. The molecule has 1 saturated heterocycles. The summed E-state index contributed by atoms with van der Waals surface area (Å²) in [5.74, 6) is 1.84. The number of nitriles is 1. The van der Waals surface area contributed by atoms with Gasteiger partial charge in [-0.2, -0.15) is 5.26 Å². The summed E-state index contributed by atoms with van der Waals surface area (Å²) in [6.07, 6.45) is 2.32. The van der Waals surface area contributed by atoms with Gasteiger partial charge in [0.1, 0.15) is 11.5 Å². The van der Waals surface area contributed by atoms with Crippen molar-refractivity contribution in [1.29, 1.82) is 5.26 Å². The summed E-state index contributed by atoms with van der Waals surface area (Å²) < 4.78 is 10.8. The second-order valence-corrected chi connectivity index (χ2v) is 8.99. The molecule has 8 heteroatoms. The third-order valence-corrected chi connectivity index (χ3v) is 7.44. The van der Waals surface area contributed by atoms with Crippen LogP contribution in [0.15, 0.2) is 58.0 Å². The van der Waals surface area contributed by atoms with Crippen molar-refractivity contribution >= 4 is 35.1 Å². The molecule has 160 valence electrons. The highest BCUT2D eigenvalue weighted by Gasteiger charge is 2.38. The standard InChI is InChI=1S/C23H23N3O3S2/c1-28-16-6-9-20(21(10-16)29-2)25-13-26-22(27)11-18(19(12-24)23(26)31-14-25)15-4-7-17(30-3)8-5-15/h4-10,18H,11,13-14H2,1-3H3/t18-/m0/s1. The smallest absolute Gasteiger partial charge is 0.229 e. The van der Waals surface area contributed by atoms with Crippen LogP contribution in [0, 0.1) is 11.3 Å². The van der Waals surface area contributed by atoms with Crippen molar-refractivity contribution in [1.82, 2.24) is 4.90 Å². The predicted molar refractivity (Wildman–Crippen MR) is 124 cm³/mol. The van der Waals surface area contributed by atoms with Gasteiger partial charge in [0.25, 0.3) is 0 Å². The fourth-order valence-electron chi connectivity index (χ4n) is 3.88. The predicted octanol–water partition coefficient (Wildman–Crippen LogP) is 4.65. The molecule has 1 amide bonds. The van der Waals surface area contributed by atoms with Crippen LogP contribution in [-0.2, 0) is 4.79 Å². The van der Waals surface area contributed by atoms with Gasteiger partial charge in [-0.15, -0.1) is 11.8 Å². The maximum Gasteiger partial charge on any atom is 0.229 e. The SMILES string of the molecule is COc1ccc(N2CSC3=C(C#N)[C@H](c4ccc(SC)cc4)CC(=O)N3C2)c(OC)c1. The monoisotopic (exact) mass is 453 g/mol. The number of fused-ring (bicyclic) bond motifs is 1. The Balaban J connectivity index is 1.64. The van der Waals surface area contributed by atoms with Gasteiger partial charge in [0, 0.05) is 23.3 Å². The van der Waals surface area contributed by atoms with Gasteiger partial charge in [-0.3, -0.25) is 9.69 Å². The van der Waals surface area contributed by atoms with Crippen LogP contribution in [0.4, 0.5) is 5.69 Å². The molecule has 0 unspecified atom stereocenters. The maximum absolute atomic E-state index is 13.1. The van der Waals surface area contributed by atoms with Crippen molar-refractivity contribution in [2.45, 2.75) is 17.2 Å². The number of thioether (sulfide) groups is 2. The Morgan fingerprint density at radius 2 is 1.94 bits per heavy atom. The number of amides is 1. The molecular formula is C23H23N3O3S2. The van der Waals surface area contributed by atoms with Gasteiger partial charge < -0.3 is 14.4 Å². The third-order valence-electron chi connectivity index (χ3n) is 5.54. The Labute approximate surface area is 190 Å². The molecule has 6 nitrogen and oxygen atoms in total. The zero-order chi connectivity index (χ0) is 22.0. The van der Waals surface area contributed by atoms with Crippen molar-refractivity contribution in [3.63, 3.8) is 0 Å². The number of nitrogens with zero attached hydrogens (tertiary/aromatic N) is 3. The van der Waals surface area contributed by atoms with Gasteiger partial charge in [0.2, 0.25) is 5.91 Å². The molecule has 2 aliphatic rings. The number of rotatable bonds is 5. The molecule has 0 saturated carbocycles. The van der Waals surface area contributed by atoms with Crippen LogP contribution >= 0.6 is 23.5 Å². The number of hydrogen-bond donors (Lipinski definition) is 0. The van der Waals surface area contributed by atoms with E-state index in [0.717, 1.165) is 21.2 Å². The van der Waals surface area contributed by atoms with E-state index in [1.54, 1.807) is 30.9 Å². The summed E-state index contributed by atoms with van der Waals surface area (Å²) in [6.45, 7) is 0.382. The number of benzene rings is 2. The van der Waals surface area contributed by atoms with E-state index in [4.69, 9.17) is 9.47 Å². The quantitative estimate of drug-likeness (QED) is 0.611. The minimum atomic E-state index is -0.200. The van der Waals surface area contributed by atoms with Crippen LogP contribution in [0.5, 0.6) is 11.5 Å². The number of carbonyl (C=O) groups excluding carboxylic acids is 1. The molecule has 0 radical (unpaired) electrons. The topological polar surface area (TPSA) is 65.8 Å². The Morgan fingerprint density at radius 1 is 1.16 bits per heavy atom. The Kier molecular flexibility index (Phi) is 6.35. The van der Waals surface area contributed by atoms with Gasteiger partial charge >= 0.3 is 0 Å². The zero-order valence-electron chi connectivity index (χ0n) is 17.6. The van der Waals surface area contributed by atoms with Crippen LogP contribution in [0.1, 0.15) is 17.9 Å². The van der Waals surface area contributed by atoms with Crippen LogP contribution in [0.2, 0.25) is 0 Å². The van der Waals surface area contributed by atoms with Crippen molar-refractivity contribution in [3.8, 4) is 17.6 Å². The summed E-state index contributed by atoms with van der Waals surface area (Å²) in [5, 5.41) is 10.7. The van der Waals surface area contributed by atoms with E-state index in [1.165, 1.54) is 11.8 Å². The molecule has 0 aliphatic carbocycles. The highest BCUT2D eigenvalue weighted by atomic mass is 32.2. The van der Waals surface area contributed by atoms with Crippen molar-refractivity contribution in [3.05, 3.63) is 58.6 Å². The summed E-state index contributed by atoms with van der Waals surface area (Å²) in [7, 11) is 3.23. The van der Waals surface area contributed by atoms with Gasteiger partial charge in [0.05, 0.1) is 49.1 Å². The van der Waals surface area contributed by atoms with Crippen LogP contribution in [0.25, 0.3) is 0 Å². The molecule has 4 rings (SSSR count). The van der Waals surface area contributed by atoms with Crippen molar-refractivity contribution < 1.29 is 14.3 Å². The summed E-state index contributed by atoms with van der Waals surface area (Å²) in [4.78, 5) is 18.1. The third kappa shape index (κ3) is 4.08. The first-order chi connectivity index (χ1) is 15.1. The molecule has 2 aliphatic heterocycles. The molecule has 0 N–H and O–H groups in total. The number of hydrogen-bond acceptors (Lipinski definition) is 7. The molecule has 2 aromatic carbocycles. The molecule has 2 heterocycles. The molecule has 31 heavy (non-hydrogen) atoms. The molecule has 1 atom stereocenters. The van der Waals surface area contributed by atoms with E-state index in [9.17, 15) is 10.1 Å². The van der Waals surface area contributed by atoms with Crippen molar-refractivity contribution in [2.24, 2.45) is 0 Å². The fraction of sp³-hybridized carbons (Fsp3) is 0.304. The first kappa shape index (κ1) is 21.5. The maximum atomic E-state index is 13.1. The lowest BCUT2D eigenvalue weighted by molar-refractivity contribution is -0.129. The fourth-order valence-corrected chi connectivity index (χ4v) is 5.45. The minimum Gasteiger partial charge on any atom is -0.497 e. The Hall–Kier alpha value is -2.76. The second kappa shape index (κ2) is 9.16. The average molecular weight is 454 g/mol. The lowest BCUT2D eigenvalue weighted by Crippen LogP contribution is -2.47. The van der Waals surface area contributed by atoms with E-state index in [1.807, 2.05) is 48.7 Å². The highest BCUT2D eigenvalue weighted by Crippen LogP contribution is 2.44. The van der Waals surface area contributed by atoms with Crippen LogP contribution in [-0.4, -0.2) is 43.8 Å². The summed E-state index contributed by atoms with van der Waals surface area (Å²) >= 11 is 3.19. The molecule has 0 spiro atoms. The number of ether oxygens (including phenoxy) is 2. The molecule has 1 fully saturated rings. The number of allylic oxidation sites excluding steroid dienone is 1. The second-order valence-electron chi connectivity index (χ2n) is 7.17. The Bertz CT molecular complexity index is 1060. The van der Waals surface area contributed by atoms with E-state index in [0.29, 0.717) is 36.0 Å². The van der Waals surface area contributed by atoms with E-state index >= 15 is 0 Å². The molecule has 2 aromatic rings. The molecule has 0 aromatic heterocycles. The first-order valence-electron chi connectivity index (χ1n) is 9.78. The van der Waals surface area contributed by atoms with Crippen LogP contribution in [0.3, 0.4) is 0 Å². The molecular weight excluding hydrogens is 430 g/mol. The van der Waals surface area contributed by atoms with Crippen LogP contribution < -0.4 is 14.4 Å². The first-order valence-corrected chi connectivity index (χ1v) is 12.0. The van der Waals surface area contributed by atoms with Gasteiger partial charge in [-0.05, 0) is 36.1 Å². The number of methoxy groups -OCH3 is 2. The van der Waals surface area contributed by atoms with E-state index < -0.39 is 0 Å². The van der Waals surface area contributed by atoms with Gasteiger partial charge in [-0.1, -0.05) is 23.9 Å². The number of carbonyl (C=O) groups is 1. The van der Waals surface area contributed by atoms with Gasteiger partial charge in [0.15, 0.2) is 0 Å². The van der Waals surface area contributed by atoms with E-state index in [-0.39, 0.29) is 11.8 Å². The minimum absolute atomic E-state index is 0.0256. The largest absolute Gasteiger partial charge is 0.497 e. The Morgan fingerprint density at radius 3 is 2.58 bits per heavy atom. The van der Waals surface area contributed by atoms with Crippen molar-refractivity contribution in [2.75, 3.05) is 37.9 Å². The normalized spacial score (nSPS) is 18.5. The summed E-state index contributed by atoms with van der Waals surface area (Å²) in [5.41, 5.74) is 2.56. The zero-order valence-corrected chi connectivity index (χ0v) is 19.3. The summed E-state index contributed by atoms with van der Waals surface area (Å²) in [6, 6.07) is 16.2. The average Bonchev–Trinajstić information content (AvgIpc) is 2.83. The van der Waals surface area contributed by atoms with Gasteiger partial charge in [-0.25, -0.2) is 0 Å². The lowest BCUT2D eigenvalue weighted by atomic mass is 9.86. The van der Waals surface area contributed by atoms with E-state index in [2.05, 4.69) is 11.0 Å². The number of anilines is 1. The molecule has 0 bridgehead atoms. The highest BCUT2D eigenvalue weighted by molar-refractivity contribution is 8.03.